The van der Waals surface area contributed by atoms with Crippen LogP contribution >= 0.6 is 0 Å². The van der Waals surface area contributed by atoms with Gasteiger partial charge in [0.25, 0.3) is 0 Å². The van der Waals surface area contributed by atoms with E-state index < -0.39 is 31.1 Å². The summed E-state index contributed by atoms with van der Waals surface area (Å²) in [5.41, 5.74) is 1.74. The van der Waals surface area contributed by atoms with Gasteiger partial charge in [-0.05, 0) is 24.1 Å². The molecule has 1 fully saturated rings. The summed E-state index contributed by atoms with van der Waals surface area (Å²) in [6.07, 6.45) is -0.856. The number of imidazole rings is 1. The number of aliphatic hydroxyl groups is 3. The Morgan fingerprint density at radius 2 is 2.04 bits per heavy atom. The van der Waals surface area contributed by atoms with Crippen molar-refractivity contribution in [1.82, 2.24) is 19.5 Å². The molecule has 9 nitrogen and oxygen atoms in total. The molecule has 2 aromatic heterocycles. The maximum absolute atomic E-state index is 13.3. The second-order valence-electron chi connectivity index (χ2n) is 6.58. The third-order valence-electron chi connectivity index (χ3n) is 4.75. The van der Waals surface area contributed by atoms with Gasteiger partial charge >= 0.3 is 0 Å². The normalized spacial score (nSPS) is 24.7. The zero-order valence-electron chi connectivity index (χ0n) is 14.8. The predicted octanol–water partition coefficient (Wildman–Crippen LogP) is 0.231. The molecule has 4 rings (SSSR count). The monoisotopic (exact) mass is 389 g/mol. The van der Waals surface area contributed by atoms with Crippen LogP contribution in [-0.4, -0.2) is 66.3 Å². The Kier molecular flexibility index (Phi) is 5.18. The van der Waals surface area contributed by atoms with E-state index in [1.165, 1.54) is 29.4 Å². The van der Waals surface area contributed by atoms with E-state index >= 15 is 0 Å². The van der Waals surface area contributed by atoms with Crippen LogP contribution in [0.2, 0.25) is 0 Å². The van der Waals surface area contributed by atoms with Crippen LogP contribution < -0.4 is 5.32 Å². The Morgan fingerprint density at radius 1 is 1.18 bits per heavy atom. The van der Waals surface area contributed by atoms with Gasteiger partial charge in [-0.25, -0.2) is 19.3 Å². The van der Waals surface area contributed by atoms with Crippen molar-refractivity contribution in [1.29, 1.82) is 0 Å². The standard InChI is InChI=1S/C18H20FN5O4/c19-11-3-1-2-10(6-11)4-5-20-16-13-17(22-8-21-16)24(9-23-13)18-15(27)14(26)12(7-25)28-18/h1-3,6,8-9,12,14-15,18,25-27H,4-5,7H2,(H,20,21,22)/t12-,14-,15-,18?/m1/s1. The molecule has 1 saturated heterocycles. The fraction of sp³-hybridized carbons (Fsp3) is 0.389. The second-order valence-corrected chi connectivity index (χ2v) is 6.58. The molecule has 1 aliphatic heterocycles. The summed E-state index contributed by atoms with van der Waals surface area (Å²) < 4.78 is 20.3. The molecule has 3 aromatic rings. The average molecular weight is 389 g/mol. The molecule has 10 heteroatoms. The molecule has 4 N–H and O–H groups in total. The summed E-state index contributed by atoms with van der Waals surface area (Å²) in [5, 5.41) is 32.6. The number of anilines is 1. The summed E-state index contributed by atoms with van der Waals surface area (Å²) in [7, 11) is 0. The van der Waals surface area contributed by atoms with Crippen molar-refractivity contribution >= 4 is 17.0 Å². The lowest BCUT2D eigenvalue weighted by Crippen LogP contribution is -2.33. The lowest BCUT2D eigenvalue weighted by Gasteiger charge is -2.16. The van der Waals surface area contributed by atoms with Crippen molar-refractivity contribution in [2.45, 2.75) is 31.0 Å². The van der Waals surface area contributed by atoms with E-state index in [2.05, 4.69) is 20.3 Å². The van der Waals surface area contributed by atoms with Gasteiger partial charge in [0.1, 0.15) is 30.5 Å². The van der Waals surface area contributed by atoms with E-state index in [4.69, 9.17) is 4.74 Å². The zero-order chi connectivity index (χ0) is 19.7. The molecule has 0 amide bonds. The first kappa shape index (κ1) is 18.7. The summed E-state index contributed by atoms with van der Waals surface area (Å²) in [6.45, 7) is 0.0967. The Hall–Kier alpha value is -2.66. The smallest absolute Gasteiger partial charge is 0.167 e. The van der Waals surface area contributed by atoms with Crippen molar-refractivity contribution in [3.05, 3.63) is 48.3 Å². The predicted molar refractivity (Wildman–Crippen MR) is 96.9 cm³/mol. The van der Waals surface area contributed by atoms with Gasteiger partial charge in [-0.2, -0.15) is 0 Å². The van der Waals surface area contributed by atoms with Gasteiger partial charge in [0.15, 0.2) is 23.2 Å². The third kappa shape index (κ3) is 3.42. The fourth-order valence-electron chi connectivity index (χ4n) is 3.30. The average Bonchev–Trinajstić information content (AvgIpc) is 3.24. The van der Waals surface area contributed by atoms with Gasteiger partial charge in [0.2, 0.25) is 0 Å². The van der Waals surface area contributed by atoms with Gasteiger partial charge in [0, 0.05) is 6.54 Å². The van der Waals surface area contributed by atoms with Gasteiger partial charge < -0.3 is 25.4 Å². The Balaban J connectivity index is 1.52. The molecule has 0 radical (unpaired) electrons. The number of aliphatic hydroxyl groups excluding tert-OH is 3. The van der Waals surface area contributed by atoms with Crippen LogP contribution in [0.1, 0.15) is 11.8 Å². The lowest BCUT2D eigenvalue weighted by molar-refractivity contribution is -0.0511. The minimum absolute atomic E-state index is 0.279. The first-order chi connectivity index (χ1) is 13.6. The van der Waals surface area contributed by atoms with Crippen LogP contribution in [-0.2, 0) is 11.2 Å². The van der Waals surface area contributed by atoms with Crippen molar-refractivity contribution in [3.63, 3.8) is 0 Å². The summed E-state index contributed by atoms with van der Waals surface area (Å²) in [6, 6.07) is 6.38. The molecule has 148 valence electrons. The topological polar surface area (TPSA) is 126 Å². The minimum atomic E-state index is -1.23. The van der Waals surface area contributed by atoms with Crippen molar-refractivity contribution < 1.29 is 24.4 Å². The van der Waals surface area contributed by atoms with Gasteiger partial charge in [0.05, 0.1) is 12.9 Å². The minimum Gasteiger partial charge on any atom is -0.394 e. The van der Waals surface area contributed by atoms with E-state index in [1.807, 2.05) is 6.07 Å². The van der Waals surface area contributed by atoms with E-state index in [1.54, 1.807) is 6.07 Å². The highest BCUT2D eigenvalue weighted by atomic mass is 19.1. The van der Waals surface area contributed by atoms with Gasteiger partial charge in [-0.3, -0.25) is 4.57 Å². The first-order valence-corrected chi connectivity index (χ1v) is 8.87. The van der Waals surface area contributed by atoms with Gasteiger partial charge in [-0.1, -0.05) is 12.1 Å². The molecule has 28 heavy (non-hydrogen) atoms. The van der Waals surface area contributed by atoms with Crippen LogP contribution in [0.4, 0.5) is 10.2 Å². The number of ether oxygens (including phenoxy) is 1. The number of nitrogens with zero attached hydrogens (tertiary/aromatic N) is 4. The maximum atomic E-state index is 13.3. The number of aromatic nitrogens is 4. The van der Waals surface area contributed by atoms with Crippen molar-refractivity contribution in [2.24, 2.45) is 0 Å². The quantitative estimate of drug-likeness (QED) is 0.472. The summed E-state index contributed by atoms with van der Waals surface area (Å²) >= 11 is 0. The van der Waals surface area contributed by atoms with Crippen LogP contribution in [0, 0.1) is 5.82 Å². The number of fused-ring (bicyclic) bond motifs is 1. The Bertz CT molecular complexity index is 968. The molecule has 3 heterocycles. The number of halogens is 1. The Morgan fingerprint density at radius 3 is 2.79 bits per heavy atom. The SMILES string of the molecule is OC[C@H]1OC(n2cnc3c(NCCc4cccc(F)c4)ncnc32)[C@H](O)[C@@H]1O. The van der Waals surface area contributed by atoms with Crippen LogP contribution in [0.25, 0.3) is 11.2 Å². The molecule has 4 atom stereocenters. The second kappa shape index (κ2) is 7.76. The number of hydrogen-bond acceptors (Lipinski definition) is 8. The number of benzene rings is 1. The molecule has 0 aliphatic carbocycles. The first-order valence-electron chi connectivity index (χ1n) is 8.87. The molecule has 1 unspecified atom stereocenters. The van der Waals surface area contributed by atoms with E-state index in [-0.39, 0.29) is 5.82 Å². The molecule has 1 aromatic carbocycles. The molecule has 1 aliphatic rings. The summed E-state index contributed by atoms with van der Waals surface area (Å²) in [5.74, 6) is 0.214. The Labute approximate surface area is 159 Å². The maximum Gasteiger partial charge on any atom is 0.167 e. The molecule has 0 spiro atoms. The fourth-order valence-corrected chi connectivity index (χ4v) is 3.30. The highest BCUT2D eigenvalue weighted by Gasteiger charge is 2.44. The molecule has 0 bridgehead atoms. The molecule has 0 saturated carbocycles. The summed E-state index contributed by atoms with van der Waals surface area (Å²) in [4.78, 5) is 12.7. The highest BCUT2D eigenvalue weighted by molar-refractivity contribution is 5.82. The van der Waals surface area contributed by atoms with E-state index in [9.17, 15) is 19.7 Å². The van der Waals surface area contributed by atoms with Crippen molar-refractivity contribution in [3.8, 4) is 0 Å². The molecular weight excluding hydrogens is 369 g/mol. The van der Waals surface area contributed by atoms with Crippen LogP contribution in [0.3, 0.4) is 0 Å². The largest absolute Gasteiger partial charge is 0.394 e. The number of hydrogen-bond donors (Lipinski definition) is 4. The van der Waals surface area contributed by atoms with E-state index in [0.29, 0.717) is 29.9 Å². The zero-order valence-corrected chi connectivity index (χ0v) is 14.8. The van der Waals surface area contributed by atoms with Crippen LogP contribution in [0.5, 0.6) is 0 Å². The molecular formula is C18H20FN5O4. The lowest BCUT2D eigenvalue weighted by atomic mass is 10.1. The number of rotatable bonds is 6. The van der Waals surface area contributed by atoms with Crippen LogP contribution in [0.15, 0.2) is 36.9 Å². The number of nitrogens with one attached hydrogen (secondary N) is 1. The van der Waals surface area contributed by atoms with E-state index in [0.717, 1.165) is 5.56 Å². The highest BCUT2D eigenvalue weighted by Crippen LogP contribution is 2.32. The third-order valence-corrected chi connectivity index (χ3v) is 4.75. The van der Waals surface area contributed by atoms with Crippen molar-refractivity contribution in [2.75, 3.05) is 18.5 Å². The van der Waals surface area contributed by atoms with Gasteiger partial charge in [-0.15, -0.1) is 0 Å².